The van der Waals surface area contributed by atoms with Crippen LogP contribution >= 0.6 is 11.3 Å². The Morgan fingerprint density at radius 3 is 2.45 bits per heavy atom. The van der Waals surface area contributed by atoms with Gasteiger partial charge in [0, 0.05) is 12.3 Å². The van der Waals surface area contributed by atoms with Gasteiger partial charge >= 0.3 is 0 Å². The van der Waals surface area contributed by atoms with Crippen molar-refractivity contribution in [2.24, 2.45) is 0 Å². The first-order valence-electron chi connectivity index (χ1n) is 10.8. The second-order valence-electron chi connectivity index (χ2n) is 8.69. The lowest BCUT2D eigenvalue weighted by Crippen LogP contribution is -3.12. The Balaban J connectivity index is 1.74. The molecule has 0 saturated carbocycles. The van der Waals surface area contributed by atoms with Crippen LogP contribution in [0.2, 0.25) is 0 Å². The summed E-state index contributed by atoms with van der Waals surface area (Å²) >= 11 is 1.76. The van der Waals surface area contributed by atoms with Crippen LogP contribution in [0.1, 0.15) is 68.4 Å². The molecular formula is C24H35N2O2S+. The van der Waals surface area contributed by atoms with E-state index in [-0.39, 0.29) is 12.0 Å². The number of thiophene rings is 1. The average Bonchev–Trinajstić information content (AvgIpc) is 3.35. The molecule has 1 aliphatic heterocycles. The van der Waals surface area contributed by atoms with E-state index in [1.54, 1.807) is 11.3 Å². The molecule has 1 fully saturated rings. The van der Waals surface area contributed by atoms with Crippen molar-refractivity contribution in [2.45, 2.75) is 65.0 Å². The molecule has 0 radical (unpaired) electrons. The number of carbonyl (C=O) groups is 1. The summed E-state index contributed by atoms with van der Waals surface area (Å²) in [5.74, 6) is 0.820. The fraction of sp³-hybridized carbons (Fsp3) is 0.542. The highest BCUT2D eigenvalue weighted by molar-refractivity contribution is 7.09. The Labute approximate surface area is 179 Å². The molecule has 0 aliphatic carbocycles. The van der Waals surface area contributed by atoms with Gasteiger partial charge in [-0.05, 0) is 47.3 Å². The molecule has 1 aromatic carbocycles. The summed E-state index contributed by atoms with van der Waals surface area (Å²) in [5.41, 5.74) is 3.43. The number of quaternary nitrogens is 1. The average molecular weight is 416 g/mol. The van der Waals surface area contributed by atoms with Crippen LogP contribution in [-0.2, 0) is 16.1 Å². The van der Waals surface area contributed by atoms with Gasteiger partial charge in [-0.15, -0.1) is 11.3 Å². The Bertz CT molecular complexity index is 754. The molecule has 2 aromatic rings. The summed E-state index contributed by atoms with van der Waals surface area (Å²) in [6, 6.07) is 10.6. The molecular weight excluding hydrogens is 380 g/mol. The Morgan fingerprint density at radius 1 is 1.17 bits per heavy atom. The molecule has 1 aliphatic rings. The van der Waals surface area contributed by atoms with Crippen molar-refractivity contribution in [1.82, 2.24) is 0 Å². The van der Waals surface area contributed by atoms with Crippen molar-refractivity contribution in [3.8, 4) is 0 Å². The minimum absolute atomic E-state index is 0.0875. The molecule has 1 aromatic heterocycles. The van der Waals surface area contributed by atoms with E-state index >= 15 is 0 Å². The van der Waals surface area contributed by atoms with Crippen LogP contribution in [0.15, 0.2) is 35.7 Å². The topological polar surface area (TPSA) is 42.8 Å². The predicted octanol–water partition coefficient (Wildman–Crippen LogP) is 4.20. The minimum Gasteiger partial charge on any atom is -0.372 e. The van der Waals surface area contributed by atoms with Crippen molar-refractivity contribution >= 4 is 22.9 Å². The fourth-order valence-corrected chi connectivity index (χ4v) is 4.88. The maximum absolute atomic E-state index is 13.1. The SMILES string of the molecule is CC(C)c1cccc(C(C)C)c1NC(=O)C[NH+](Cc1cccs1)C[C@H]1CCCO1. The first kappa shape index (κ1) is 22.0. The first-order chi connectivity index (χ1) is 13.9. The molecule has 3 rings (SSSR count). The van der Waals surface area contributed by atoms with Crippen LogP contribution in [0, 0.1) is 0 Å². The number of para-hydroxylation sites is 1. The second-order valence-corrected chi connectivity index (χ2v) is 9.72. The van der Waals surface area contributed by atoms with Crippen LogP contribution in [0.5, 0.6) is 0 Å². The summed E-state index contributed by atoms with van der Waals surface area (Å²) in [4.78, 5) is 15.7. The summed E-state index contributed by atoms with van der Waals surface area (Å²) < 4.78 is 5.85. The lowest BCUT2D eigenvalue weighted by atomic mass is 9.92. The number of nitrogens with one attached hydrogen (secondary N) is 2. The van der Waals surface area contributed by atoms with Crippen LogP contribution < -0.4 is 10.2 Å². The highest BCUT2D eigenvalue weighted by Crippen LogP contribution is 2.32. The van der Waals surface area contributed by atoms with Gasteiger partial charge in [-0.1, -0.05) is 52.0 Å². The number of hydrogen-bond donors (Lipinski definition) is 2. The summed E-state index contributed by atoms with van der Waals surface area (Å²) in [7, 11) is 0. The van der Waals surface area contributed by atoms with E-state index in [9.17, 15) is 4.79 Å². The Hall–Kier alpha value is -1.69. The zero-order valence-corrected chi connectivity index (χ0v) is 19.0. The summed E-state index contributed by atoms with van der Waals surface area (Å²) in [6.07, 6.45) is 2.50. The van der Waals surface area contributed by atoms with E-state index in [4.69, 9.17) is 4.74 Å². The number of anilines is 1. The van der Waals surface area contributed by atoms with Crippen molar-refractivity contribution < 1.29 is 14.4 Å². The molecule has 0 spiro atoms. The highest BCUT2D eigenvalue weighted by atomic mass is 32.1. The van der Waals surface area contributed by atoms with Crippen molar-refractivity contribution in [3.63, 3.8) is 0 Å². The van der Waals surface area contributed by atoms with Gasteiger partial charge in [0.25, 0.3) is 5.91 Å². The van der Waals surface area contributed by atoms with Gasteiger partial charge < -0.3 is 15.0 Å². The smallest absolute Gasteiger partial charge is 0.279 e. The van der Waals surface area contributed by atoms with Gasteiger partial charge in [0.2, 0.25) is 0 Å². The third-order valence-electron chi connectivity index (χ3n) is 5.59. The molecule has 4 nitrogen and oxygen atoms in total. The van der Waals surface area contributed by atoms with E-state index in [1.807, 2.05) is 0 Å². The van der Waals surface area contributed by atoms with Crippen LogP contribution in [0.25, 0.3) is 0 Å². The Morgan fingerprint density at radius 2 is 1.90 bits per heavy atom. The molecule has 0 bridgehead atoms. The van der Waals surface area contributed by atoms with E-state index in [0.29, 0.717) is 18.4 Å². The molecule has 2 N–H and O–H groups in total. The fourth-order valence-electron chi connectivity index (χ4n) is 4.10. The van der Waals surface area contributed by atoms with Crippen molar-refractivity contribution in [2.75, 3.05) is 25.0 Å². The molecule has 158 valence electrons. The van der Waals surface area contributed by atoms with Crippen LogP contribution in [-0.4, -0.2) is 31.7 Å². The number of amides is 1. The van der Waals surface area contributed by atoms with Gasteiger partial charge in [0.1, 0.15) is 19.2 Å². The molecule has 5 heteroatoms. The van der Waals surface area contributed by atoms with Gasteiger partial charge in [0.15, 0.2) is 6.54 Å². The minimum atomic E-state index is 0.0875. The van der Waals surface area contributed by atoms with Crippen LogP contribution in [0.4, 0.5) is 5.69 Å². The van der Waals surface area contributed by atoms with Crippen LogP contribution in [0.3, 0.4) is 0 Å². The predicted molar refractivity (Wildman–Crippen MR) is 121 cm³/mol. The van der Waals surface area contributed by atoms with Gasteiger partial charge in [-0.3, -0.25) is 4.79 Å². The van der Waals surface area contributed by atoms with Gasteiger partial charge in [-0.2, -0.15) is 0 Å². The quantitative estimate of drug-likeness (QED) is 0.645. The normalized spacial score (nSPS) is 17.8. The second kappa shape index (κ2) is 10.4. The zero-order chi connectivity index (χ0) is 20.8. The molecule has 29 heavy (non-hydrogen) atoms. The maximum atomic E-state index is 13.1. The summed E-state index contributed by atoms with van der Waals surface area (Å²) in [6.45, 7) is 11.8. The lowest BCUT2D eigenvalue weighted by molar-refractivity contribution is -0.908. The molecule has 1 unspecified atom stereocenters. The molecule has 1 saturated heterocycles. The van der Waals surface area contributed by atoms with E-state index in [2.05, 4.69) is 68.7 Å². The maximum Gasteiger partial charge on any atom is 0.279 e. The molecule has 1 amide bonds. The monoisotopic (exact) mass is 415 g/mol. The number of ether oxygens (including phenoxy) is 1. The third kappa shape index (κ3) is 6.14. The summed E-state index contributed by atoms with van der Waals surface area (Å²) in [5, 5.41) is 5.38. The van der Waals surface area contributed by atoms with Gasteiger partial charge in [-0.25, -0.2) is 0 Å². The van der Waals surface area contributed by atoms with Crippen molar-refractivity contribution in [3.05, 3.63) is 51.7 Å². The molecule has 2 heterocycles. The largest absolute Gasteiger partial charge is 0.372 e. The lowest BCUT2D eigenvalue weighted by Gasteiger charge is -2.23. The zero-order valence-electron chi connectivity index (χ0n) is 18.2. The Kier molecular flexibility index (Phi) is 7.87. The number of benzene rings is 1. The van der Waals surface area contributed by atoms with Crippen molar-refractivity contribution in [1.29, 1.82) is 0 Å². The third-order valence-corrected chi connectivity index (χ3v) is 6.47. The highest BCUT2D eigenvalue weighted by Gasteiger charge is 2.25. The number of carbonyl (C=O) groups excluding carboxylic acids is 1. The van der Waals surface area contributed by atoms with E-state index in [1.165, 1.54) is 20.9 Å². The van der Waals surface area contributed by atoms with E-state index in [0.717, 1.165) is 38.2 Å². The standard InChI is InChI=1S/C24H34N2O2S/c1-17(2)21-10-5-11-22(18(3)4)24(21)25-23(27)16-26(14-19-8-6-12-28-19)15-20-9-7-13-29-20/h5,7,9-11,13,17-19H,6,8,12,14-16H2,1-4H3,(H,25,27)/p+1/t19-/m1/s1. The van der Waals surface area contributed by atoms with Gasteiger partial charge in [0.05, 0.1) is 4.88 Å². The first-order valence-corrected chi connectivity index (χ1v) is 11.7. The number of rotatable bonds is 9. The number of hydrogen-bond acceptors (Lipinski definition) is 3. The van der Waals surface area contributed by atoms with E-state index < -0.39 is 0 Å². The molecule has 2 atom stereocenters.